The minimum atomic E-state index is -0.273. The summed E-state index contributed by atoms with van der Waals surface area (Å²) in [6.07, 6.45) is 2.20. The van der Waals surface area contributed by atoms with Gasteiger partial charge in [0.1, 0.15) is 5.76 Å². The Morgan fingerprint density at radius 3 is 2.65 bits per heavy atom. The second-order valence-electron chi connectivity index (χ2n) is 6.83. The highest BCUT2D eigenvalue weighted by atomic mass is 16.5. The number of piperidine rings is 1. The minimum Gasteiger partial charge on any atom is -0.393 e. The van der Waals surface area contributed by atoms with Gasteiger partial charge in [0.05, 0.1) is 18.3 Å². The van der Waals surface area contributed by atoms with Crippen LogP contribution in [0.4, 0.5) is 0 Å². The van der Waals surface area contributed by atoms with Crippen LogP contribution < -0.4 is 0 Å². The zero-order valence-corrected chi connectivity index (χ0v) is 14.5. The van der Waals surface area contributed by atoms with Gasteiger partial charge in [-0.15, -0.1) is 0 Å². The molecule has 1 aliphatic heterocycles. The van der Waals surface area contributed by atoms with E-state index < -0.39 is 0 Å². The number of aliphatic hydroxyl groups is 1. The van der Waals surface area contributed by atoms with Crippen molar-refractivity contribution < 1.29 is 19.2 Å². The van der Waals surface area contributed by atoms with Crippen LogP contribution in [0.1, 0.15) is 54.9 Å². The number of aromatic nitrogens is 1. The first kappa shape index (κ1) is 17.9. The van der Waals surface area contributed by atoms with Gasteiger partial charge in [0.25, 0.3) is 5.91 Å². The van der Waals surface area contributed by atoms with Crippen LogP contribution in [0.15, 0.2) is 4.52 Å². The van der Waals surface area contributed by atoms with Gasteiger partial charge in [0, 0.05) is 20.2 Å². The van der Waals surface area contributed by atoms with Gasteiger partial charge in [-0.3, -0.25) is 4.79 Å². The van der Waals surface area contributed by atoms with Crippen molar-refractivity contribution in [3.8, 4) is 0 Å². The maximum Gasteiger partial charge on any atom is 0.276 e. The standard InChI is InChI=1S/C17H28N2O4/c1-11(2)9-15(20)13-5-7-19(8-6-13)17(21)16-14(10-22-4)12(3)23-18-16/h11,13,15,20H,5-10H2,1-4H3. The molecule has 130 valence electrons. The van der Waals surface area contributed by atoms with E-state index in [9.17, 15) is 9.90 Å². The van der Waals surface area contributed by atoms with Crippen LogP contribution in [0.25, 0.3) is 0 Å². The number of amides is 1. The third-order valence-electron chi connectivity index (χ3n) is 4.56. The average Bonchev–Trinajstić information content (AvgIpc) is 2.88. The Hall–Kier alpha value is -1.40. The van der Waals surface area contributed by atoms with Crippen molar-refractivity contribution in [3.63, 3.8) is 0 Å². The van der Waals surface area contributed by atoms with Gasteiger partial charge in [0.2, 0.25) is 0 Å². The van der Waals surface area contributed by atoms with Crippen molar-refractivity contribution in [2.45, 2.75) is 52.7 Å². The Kier molecular flexibility index (Phi) is 6.18. The van der Waals surface area contributed by atoms with E-state index in [0.29, 0.717) is 37.1 Å². The Morgan fingerprint density at radius 2 is 2.09 bits per heavy atom. The van der Waals surface area contributed by atoms with Gasteiger partial charge in [0.15, 0.2) is 5.69 Å². The largest absolute Gasteiger partial charge is 0.393 e. The number of aliphatic hydroxyl groups excluding tert-OH is 1. The van der Waals surface area contributed by atoms with Crippen LogP contribution in [0.2, 0.25) is 0 Å². The summed E-state index contributed by atoms with van der Waals surface area (Å²) in [7, 11) is 1.59. The molecule has 0 aromatic carbocycles. The molecular formula is C17H28N2O4. The quantitative estimate of drug-likeness (QED) is 0.869. The van der Waals surface area contributed by atoms with Gasteiger partial charge in [-0.1, -0.05) is 19.0 Å². The molecule has 1 amide bonds. The van der Waals surface area contributed by atoms with E-state index in [-0.39, 0.29) is 17.9 Å². The Bertz CT molecular complexity index is 519. The first-order valence-corrected chi connectivity index (χ1v) is 8.35. The predicted octanol–water partition coefficient (Wildman–Crippen LogP) is 2.39. The number of rotatable bonds is 6. The molecule has 0 spiro atoms. The summed E-state index contributed by atoms with van der Waals surface area (Å²) >= 11 is 0. The predicted molar refractivity (Wildman–Crippen MR) is 86.0 cm³/mol. The van der Waals surface area contributed by atoms with Crippen LogP contribution in [0, 0.1) is 18.8 Å². The van der Waals surface area contributed by atoms with Crippen molar-refractivity contribution in [2.24, 2.45) is 11.8 Å². The molecule has 2 rings (SSSR count). The summed E-state index contributed by atoms with van der Waals surface area (Å²) in [5, 5.41) is 14.2. The molecule has 1 atom stereocenters. The van der Waals surface area contributed by atoms with E-state index in [1.807, 2.05) is 0 Å². The van der Waals surface area contributed by atoms with Crippen molar-refractivity contribution in [1.82, 2.24) is 10.1 Å². The number of aryl methyl sites for hydroxylation is 1. The lowest BCUT2D eigenvalue weighted by Crippen LogP contribution is -2.41. The van der Waals surface area contributed by atoms with Gasteiger partial charge in [-0.2, -0.15) is 0 Å². The molecule has 0 aliphatic carbocycles. The van der Waals surface area contributed by atoms with E-state index in [0.717, 1.165) is 24.8 Å². The van der Waals surface area contributed by atoms with E-state index in [2.05, 4.69) is 19.0 Å². The molecule has 1 aromatic rings. The molecule has 1 saturated heterocycles. The van der Waals surface area contributed by atoms with E-state index in [4.69, 9.17) is 9.26 Å². The molecule has 1 aromatic heterocycles. The number of methoxy groups -OCH3 is 1. The fourth-order valence-electron chi connectivity index (χ4n) is 3.19. The van der Waals surface area contributed by atoms with Crippen LogP contribution in [0.5, 0.6) is 0 Å². The van der Waals surface area contributed by atoms with Gasteiger partial charge >= 0.3 is 0 Å². The molecule has 1 unspecified atom stereocenters. The molecule has 0 radical (unpaired) electrons. The van der Waals surface area contributed by atoms with E-state index in [1.54, 1.807) is 18.9 Å². The van der Waals surface area contributed by atoms with Crippen molar-refractivity contribution >= 4 is 5.91 Å². The summed E-state index contributed by atoms with van der Waals surface area (Å²) in [6, 6.07) is 0. The maximum atomic E-state index is 12.6. The smallest absolute Gasteiger partial charge is 0.276 e. The Labute approximate surface area is 137 Å². The van der Waals surface area contributed by atoms with Gasteiger partial charge in [-0.25, -0.2) is 0 Å². The first-order chi connectivity index (χ1) is 10.9. The lowest BCUT2D eigenvalue weighted by Gasteiger charge is -2.34. The summed E-state index contributed by atoms with van der Waals surface area (Å²) < 4.78 is 10.3. The Morgan fingerprint density at radius 1 is 1.43 bits per heavy atom. The fourth-order valence-corrected chi connectivity index (χ4v) is 3.19. The highest BCUT2D eigenvalue weighted by molar-refractivity contribution is 5.93. The third kappa shape index (κ3) is 4.32. The second-order valence-corrected chi connectivity index (χ2v) is 6.83. The number of ether oxygens (including phenoxy) is 1. The average molecular weight is 324 g/mol. The lowest BCUT2D eigenvalue weighted by molar-refractivity contribution is 0.0378. The summed E-state index contributed by atoms with van der Waals surface area (Å²) in [6.45, 7) is 7.64. The zero-order valence-electron chi connectivity index (χ0n) is 14.5. The minimum absolute atomic E-state index is 0.106. The molecular weight excluding hydrogens is 296 g/mol. The topological polar surface area (TPSA) is 75.8 Å². The molecule has 1 fully saturated rings. The zero-order chi connectivity index (χ0) is 17.0. The summed E-state index contributed by atoms with van der Waals surface area (Å²) in [4.78, 5) is 14.4. The number of hydrogen-bond donors (Lipinski definition) is 1. The lowest BCUT2D eigenvalue weighted by atomic mass is 9.87. The molecule has 2 heterocycles. The number of carbonyl (C=O) groups excluding carboxylic acids is 1. The highest BCUT2D eigenvalue weighted by Crippen LogP contribution is 2.26. The number of hydrogen-bond acceptors (Lipinski definition) is 5. The van der Waals surface area contributed by atoms with Crippen LogP contribution in [-0.4, -0.2) is 47.4 Å². The molecule has 6 nitrogen and oxygen atoms in total. The third-order valence-corrected chi connectivity index (χ3v) is 4.56. The number of nitrogens with zero attached hydrogens (tertiary/aromatic N) is 2. The molecule has 0 bridgehead atoms. The summed E-state index contributed by atoms with van der Waals surface area (Å²) in [5.74, 6) is 1.28. The molecule has 6 heteroatoms. The second kappa shape index (κ2) is 7.93. The highest BCUT2D eigenvalue weighted by Gasteiger charge is 2.30. The SMILES string of the molecule is COCc1c(C(=O)N2CCC(C(O)CC(C)C)CC2)noc1C. The fraction of sp³-hybridized carbons (Fsp3) is 0.765. The van der Waals surface area contributed by atoms with Crippen molar-refractivity contribution in [2.75, 3.05) is 20.2 Å². The van der Waals surface area contributed by atoms with Crippen molar-refractivity contribution in [3.05, 3.63) is 17.0 Å². The molecule has 23 heavy (non-hydrogen) atoms. The number of likely N-dealkylation sites (tertiary alicyclic amines) is 1. The molecule has 0 saturated carbocycles. The van der Waals surface area contributed by atoms with Crippen LogP contribution in [-0.2, 0) is 11.3 Å². The Balaban J connectivity index is 1.96. The van der Waals surface area contributed by atoms with Crippen molar-refractivity contribution in [1.29, 1.82) is 0 Å². The van der Waals surface area contributed by atoms with E-state index in [1.165, 1.54) is 0 Å². The van der Waals surface area contributed by atoms with Gasteiger partial charge in [-0.05, 0) is 38.0 Å². The summed E-state index contributed by atoms with van der Waals surface area (Å²) in [5.41, 5.74) is 1.07. The van der Waals surface area contributed by atoms with Crippen LogP contribution in [0.3, 0.4) is 0 Å². The molecule has 1 N–H and O–H groups in total. The maximum absolute atomic E-state index is 12.6. The van der Waals surface area contributed by atoms with Gasteiger partial charge < -0.3 is 19.3 Å². The van der Waals surface area contributed by atoms with E-state index >= 15 is 0 Å². The first-order valence-electron chi connectivity index (χ1n) is 8.35. The van der Waals surface area contributed by atoms with Crippen LogP contribution >= 0.6 is 0 Å². The molecule has 1 aliphatic rings. The normalized spacial score (nSPS) is 17.7. The number of carbonyl (C=O) groups is 1. The monoisotopic (exact) mass is 324 g/mol.